The number of hydrogen-bond acceptors (Lipinski definition) is 2. The van der Waals surface area contributed by atoms with Crippen molar-refractivity contribution in [3.63, 3.8) is 0 Å². The van der Waals surface area contributed by atoms with Crippen molar-refractivity contribution in [1.82, 2.24) is 10.2 Å². The summed E-state index contributed by atoms with van der Waals surface area (Å²) >= 11 is 0. The Labute approximate surface area is 141 Å². The monoisotopic (exact) mass is 316 g/mol. The summed E-state index contributed by atoms with van der Waals surface area (Å²) in [6.45, 7) is 2.93. The number of rotatable bonds is 6. The average molecular weight is 316 g/mol. The third-order valence-electron chi connectivity index (χ3n) is 5.72. The molecule has 0 spiro atoms. The van der Waals surface area contributed by atoms with Gasteiger partial charge in [0.2, 0.25) is 5.91 Å². The summed E-state index contributed by atoms with van der Waals surface area (Å²) < 4.78 is 0. The van der Waals surface area contributed by atoms with Gasteiger partial charge in [0.05, 0.1) is 0 Å². The third-order valence-corrected chi connectivity index (χ3v) is 5.72. The quantitative estimate of drug-likeness (QED) is 0.756. The van der Waals surface area contributed by atoms with Crippen molar-refractivity contribution >= 4 is 5.91 Å². The van der Waals surface area contributed by atoms with Crippen molar-refractivity contribution < 1.29 is 4.79 Å². The van der Waals surface area contributed by atoms with E-state index in [0.717, 1.165) is 38.4 Å². The van der Waals surface area contributed by atoms with Gasteiger partial charge in [-0.25, -0.2) is 0 Å². The molecule has 1 saturated carbocycles. The lowest BCUT2D eigenvalue weighted by atomic mass is 9.98. The van der Waals surface area contributed by atoms with Crippen LogP contribution in [0.25, 0.3) is 0 Å². The minimum absolute atomic E-state index is 0.243. The van der Waals surface area contributed by atoms with Crippen LogP contribution in [-0.4, -0.2) is 36.5 Å². The van der Waals surface area contributed by atoms with E-state index in [9.17, 15) is 4.79 Å². The number of allylic oxidation sites excluding steroid dienone is 1. The van der Waals surface area contributed by atoms with Crippen LogP contribution in [0.3, 0.4) is 0 Å². The molecule has 1 amide bonds. The van der Waals surface area contributed by atoms with Gasteiger partial charge in [-0.15, -0.1) is 0 Å². The van der Waals surface area contributed by atoms with E-state index in [2.05, 4.69) is 28.4 Å². The summed E-state index contributed by atoms with van der Waals surface area (Å²) in [6.07, 6.45) is 19.2. The summed E-state index contributed by atoms with van der Waals surface area (Å²) in [4.78, 5) is 14.6. The van der Waals surface area contributed by atoms with Gasteiger partial charge in [0.25, 0.3) is 0 Å². The van der Waals surface area contributed by atoms with Crippen molar-refractivity contribution in [2.24, 2.45) is 5.92 Å². The summed E-state index contributed by atoms with van der Waals surface area (Å²) in [5.41, 5.74) is 1.39. The Bertz CT molecular complexity index is 449. The van der Waals surface area contributed by atoms with Crippen molar-refractivity contribution in [1.29, 1.82) is 0 Å². The second kappa shape index (κ2) is 8.68. The molecule has 3 rings (SSSR count). The zero-order chi connectivity index (χ0) is 15.9. The van der Waals surface area contributed by atoms with Gasteiger partial charge >= 0.3 is 0 Å². The van der Waals surface area contributed by atoms with E-state index in [4.69, 9.17) is 0 Å². The first kappa shape index (κ1) is 16.8. The van der Waals surface area contributed by atoms with Crippen molar-refractivity contribution in [3.8, 4) is 0 Å². The molecule has 0 bridgehead atoms. The molecule has 3 nitrogen and oxygen atoms in total. The van der Waals surface area contributed by atoms with Crippen LogP contribution in [0.2, 0.25) is 0 Å². The van der Waals surface area contributed by atoms with E-state index >= 15 is 0 Å². The second-order valence-electron chi connectivity index (χ2n) is 7.51. The molecule has 1 unspecified atom stereocenters. The maximum Gasteiger partial charge on any atom is 0.220 e. The SMILES string of the molecule is O=C(CCC1CCCC1)NCC1=CCCN(C2C=CCCC2)C1. The molecule has 1 N–H and O–H groups in total. The first-order chi connectivity index (χ1) is 11.3. The predicted octanol–water partition coefficient (Wildman–Crippen LogP) is 3.81. The van der Waals surface area contributed by atoms with E-state index in [1.165, 1.54) is 50.5 Å². The molecule has 0 radical (unpaired) electrons. The van der Waals surface area contributed by atoms with Gasteiger partial charge in [0.1, 0.15) is 0 Å². The Morgan fingerprint density at radius 1 is 1.17 bits per heavy atom. The zero-order valence-electron chi connectivity index (χ0n) is 14.4. The van der Waals surface area contributed by atoms with Crippen LogP contribution >= 0.6 is 0 Å². The number of nitrogens with one attached hydrogen (secondary N) is 1. The topological polar surface area (TPSA) is 32.3 Å². The third kappa shape index (κ3) is 5.20. The Morgan fingerprint density at radius 2 is 2.04 bits per heavy atom. The fraction of sp³-hybridized carbons (Fsp3) is 0.750. The number of nitrogens with zero attached hydrogens (tertiary/aromatic N) is 1. The second-order valence-corrected chi connectivity index (χ2v) is 7.51. The minimum Gasteiger partial charge on any atom is -0.352 e. The van der Waals surface area contributed by atoms with E-state index in [0.29, 0.717) is 12.5 Å². The van der Waals surface area contributed by atoms with Crippen molar-refractivity contribution in [2.45, 2.75) is 70.3 Å². The van der Waals surface area contributed by atoms with E-state index in [-0.39, 0.29) is 5.91 Å². The van der Waals surface area contributed by atoms with Crippen molar-refractivity contribution in [3.05, 3.63) is 23.8 Å². The first-order valence-electron chi connectivity index (χ1n) is 9.66. The van der Waals surface area contributed by atoms with E-state index in [1.807, 2.05) is 0 Å². The van der Waals surface area contributed by atoms with Crippen LogP contribution < -0.4 is 5.32 Å². The van der Waals surface area contributed by atoms with Crippen LogP contribution in [-0.2, 0) is 4.79 Å². The highest BCUT2D eigenvalue weighted by atomic mass is 16.1. The minimum atomic E-state index is 0.243. The lowest BCUT2D eigenvalue weighted by molar-refractivity contribution is -0.121. The molecule has 1 heterocycles. The zero-order valence-corrected chi connectivity index (χ0v) is 14.4. The van der Waals surface area contributed by atoms with Gasteiger partial charge in [-0.05, 0) is 43.6 Å². The molecule has 2 aliphatic carbocycles. The lowest BCUT2D eigenvalue weighted by Gasteiger charge is -2.34. The molecular weight excluding hydrogens is 284 g/mol. The molecule has 23 heavy (non-hydrogen) atoms. The van der Waals surface area contributed by atoms with Gasteiger partial charge < -0.3 is 5.32 Å². The highest BCUT2D eigenvalue weighted by Crippen LogP contribution is 2.28. The molecule has 3 heteroatoms. The highest BCUT2D eigenvalue weighted by Gasteiger charge is 2.21. The Morgan fingerprint density at radius 3 is 2.83 bits per heavy atom. The van der Waals surface area contributed by atoms with Crippen LogP contribution in [0, 0.1) is 5.92 Å². The Hall–Kier alpha value is -1.09. The number of amides is 1. The average Bonchev–Trinajstić information content (AvgIpc) is 3.13. The van der Waals surface area contributed by atoms with E-state index in [1.54, 1.807) is 0 Å². The summed E-state index contributed by atoms with van der Waals surface area (Å²) in [5.74, 6) is 1.05. The molecule has 1 atom stereocenters. The van der Waals surface area contributed by atoms with Crippen LogP contribution in [0.4, 0.5) is 0 Å². The number of hydrogen-bond donors (Lipinski definition) is 1. The molecular formula is C20H32N2O. The summed E-state index contributed by atoms with van der Waals surface area (Å²) in [5, 5.41) is 3.15. The van der Waals surface area contributed by atoms with Crippen LogP contribution in [0.15, 0.2) is 23.8 Å². The van der Waals surface area contributed by atoms with E-state index < -0.39 is 0 Å². The van der Waals surface area contributed by atoms with Gasteiger partial charge in [0.15, 0.2) is 0 Å². The summed E-state index contributed by atoms with van der Waals surface area (Å²) in [7, 11) is 0. The number of carbonyl (C=O) groups excluding carboxylic acids is 1. The van der Waals surface area contributed by atoms with Gasteiger partial charge in [-0.1, -0.05) is 43.9 Å². The standard InChI is InChI=1S/C20H32N2O/c23-20(13-12-17-7-4-5-8-17)21-15-18-9-6-14-22(16-18)19-10-2-1-3-11-19/h2,9-10,17,19H,1,3-8,11-16H2,(H,21,23). The van der Waals surface area contributed by atoms with Gasteiger partial charge in [0, 0.05) is 32.1 Å². The van der Waals surface area contributed by atoms with Crippen molar-refractivity contribution in [2.75, 3.05) is 19.6 Å². The Kier molecular flexibility index (Phi) is 6.32. The first-order valence-corrected chi connectivity index (χ1v) is 9.66. The molecule has 0 aromatic rings. The largest absolute Gasteiger partial charge is 0.352 e. The molecule has 1 fully saturated rings. The highest BCUT2D eigenvalue weighted by molar-refractivity contribution is 5.76. The smallest absolute Gasteiger partial charge is 0.220 e. The molecule has 1 aliphatic heterocycles. The summed E-state index contributed by atoms with van der Waals surface area (Å²) in [6, 6.07) is 0.616. The molecule has 0 aromatic carbocycles. The number of carbonyl (C=O) groups is 1. The molecule has 128 valence electrons. The lowest BCUT2D eigenvalue weighted by Crippen LogP contribution is -2.41. The fourth-order valence-electron chi connectivity index (χ4n) is 4.28. The predicted molar refractivity (Wildman–Crippen MR) is 95.3 cm³/mol. The van der Waals surface area contributed by atoms with Gasteiger partial charge in [-0.3, -0.25) is 9.69 Å². The van der Waals surface area contributed by atoms with Crippen LogP contribution in [0.1, 0.15) is 64.2 Å². The normalized spacial score (nSPS) is 26.3. The maximum atomic E-state index is 12.1. The maximum absolute atomic E-state index is 12.1. The molecule has 3 aliphatic rings. The molecule has 0 saturated heterocycles. The molecule has 0 aromatic heterocycles. The van der Waals surface area contributed by atoms with Gasteiger partial charge in [-0.2, -0.15) is 0 Å². The fourth-order valence-corrected chi connectivity index (χ4v) is 4.28. The van der Waals surface area contributed by atoms with Crippen LogP contribution in [0.5, 0.6) is 0 Å². The Balaban J connectivity index is 1.37.